The smallest absolute Gasteiger partial charge is 0.272 e. The van der Waals surface area contributed by atoms with Crippen molar-refractivity contribution in [2.45, 2.75) is 31.8 Å². The molecule has 3 N–H and O–H groups in total. The first-order chi connectivity index (χ1) is 11.3. The van der Waals surface area contributed by atoms with Gasteiger partial charge in [0.15, 0.2) is 5.69 Å². The van der Waals surface area contributed by atoms with Gasteiger partial charge in [0.25, 0.3) is 5.91 Å². The molecule has 2 aromatic rings. The van der Waals surface area contributed by atoms with E-state index in [1.165, 1.54) is 5.56 Å². The Balaban J connectivity index is 0.00000169. The van der Waals surface area contributed by atoms with Crippen LogP contribution in [0.4, 0.5) is 0 Å². The fourth-order valence-electron chi connectivity index (χ4n) is 3.60. The summed E-state index contributed by atoms with van der Waals surface area (Å²) in [7, 11) is 1.69. The molecular formula is C17H21ClN4O2. The number of carbonyl (C=O) groups is 1. The highest BCUT2D eigenvalue weighted by Crippen LogP contribution is 2.36. The number of hydrogen-bond acceptors (Lipinski definition) is 4. The molecule has 7 heteroatoms. The van der Waals surface area contributed by atoms with Crippen molar-refractivity contribution in [3.63, 3.8) is 0 Å². The van der Waals surface area contributed by atoms with Gasteiger partial charge < -0.3 is 15.4 Å². The average Bonchev–Trinajstić information content (AvgIpc) is 3.19. The summed E-state index contributed by atoms with van der Waals surface area (Å²) < 4.78 is 5.42. The Bertz CT molecular complexity index is 759. The van der Waals surface area contributed by atoms with E-state index in [1.54, 1.807) is 7.11 Å². The van der Waals surface area contributed by atoms with Crippen LogP contribution in [0.2, 0.25) is 0 Å². The van der Waals surface area contributed by atoms with Crippen LogP contribution in [0.1, 0.15) is 45.3 Å². The van der Waals surface area contributed by atoms with Crippen LogP contribution >= 0.6 is 12.4 Å². The largest absolute Gasteiger partial charge is 0.496 e. The number of carbonyl (C=O) groups excluding carboxylic acids is 1. The van der Waals surface area contributed by atoms with Crippen LogP contribution in [0.3, 0.4) is 0 Å². The van der Waals surface area contributed by atoms with E-state index in [-0.39, 0.29) is 24.4 Å². The summed E-state index contributed by atoms with van der Waals surface area (Å²) in [6.45, 7) is 1.62. The van der Waals surface area contributed by atoms with Gasteiger partial charge >= 0.3 is 0 Å². The first-order valence-electron chi connectivity index (χ1n) is 8.01. The summed E-state index contributed by atoms with van der Waals surface area (Å²) in [5.74, 6) is 0.799. The van der Waals surface area contributed by atoms with Gasteiger partial charge in [-0.05, 0) is 30.0 Å². The predicted molar refractivity (Wildman–Crippen MR) is 92.8 cm³/mol. The molecule has 2 aliphatic rings. The summed E-state index contributed by atoms with van der Waals surface area (Å²) >= 11 is 0. The molecule has 1 aromatic heterocycles. The van der Waals surface area contributed by atoms with Crippen LogP contribution in [0, 0.1) is 0 Å². The summed E-state index contributed by atoms with van der Waals surface area (Å²) in [4.78, 5) is 12.6. The fourth-order valence-corrected chi connectivity index (χ4v) is 3.60. The molecular weight excluding hydrogens is 328 g/mol. The number of fused-ring (bicyclic) bond motifs is 2. The minimum atomic E-state index is -0.105. The number of amides is 1. The number of aromatic amines is 1. The number of halogens is 1. The van der Waals surface area contributed by atoms with Crippen LogP contribution in [0.25, 0.3) is 0 Å². The second kappa shape index (κ2) is 6.83. The zero-order valence-corrected chi connectivity index (χ0v) is 14.3. The van der Waals surface area contributed by atoms with Crippen molar-refractivity contribution < 1.29 is 9.53 Å². The van der Waals surface area contributed by atoms with Gasteiger partial charge in [-0.2, -0.15) is 5.10 Å². The van der Waals surface area contributed by atoms with E-state index in [1.807, 2.05) is 12.1 Å². The second-order valence-electron chi connectivity index (χ2n) is 6.05. The molecule has 0 spiro atoms. The monoisotopic (exact) mass is 348 g/mol. The molecule has 0 saturated heterocycles. The molecule has 4 rings (SSSR count). The fraction of sp³-hybridized carbons (Fsp3) is 0.412. The molecule has 1 unspecified atom stereocenters. The number of nitrogens with one attached hydrogen (secondary N) is 3. The third-order valence-corrected chi connectivity index (χ3v) is 4.77. The number of H-pyrrole nitrogens is 1. The van der Waals surface area contributed by atoms with Gasteiger partial charge in [0.2, 0.25) is 0 Å². The van der Waals surface area contributed by atoms with Crippen molar-refractivity contribution in [2.24, 2.45) is 0 Å². The molecule has 0 radical (unpaired) electrons. The van der Waals surface area contributed by atoms with Crippen molar-refractivity contribution in [1.82, 2.24) is 20.8 Å². The van der Waals surface area contributed by atoms with Gasteiger partial charge in [0.05, 0.1) is 13.2 Å². The van der Waals surface area contributed by atoms with Gasteiger partial charge in [-0.25, -0.2) is 0 Å². The Morgan fingerprint density at radius 2 is 2.21 bits per heavy atom. The van der Waals surface area contributed by atoms with Crippen LogP contribution in [-0.4, -0.2) is 29.8 Å². The third kappa shape index (κ3) is 2.76. The van der Waals surface area contributed by atoms with Gasteiger partial charge in [-0.3, -0.25) is 9.89 Å². The van der Waals surface area contributed by atoms with Crippen molar-refractivity contribution in [1.29, 1.82) is 0 Å². The number of benzene rings is 1. The van der Waals surface area contributed by atoms with E-state index in [4.69, 9.17) is 4.74 Å². The topological polar surface area (TPSA) is 79.0 Å². The van der Waals surface area contributed by atoms with Gasteiger partial charge in [0, 0.05) is 30.8 Å². The Morgan fingerprint density at radius 1 is 1.33 bits per heavy atom. The van der Waals surface area contributed by atoms with E-state index in [9.17, 15) is 4.79 Å². The highest BCUT2D eigenvalue weighted by atomic mass is 35.5. The predicted octanol–water partition coefficient (Wildman–Crippen LogP) is 1.90. The Labute approximate surface area is 146 Å². The Hall–Kier alpha value is -2.05. The van der Waals surface area contributed by atoms with Gasteiger partial charge in [-0.1, -0.05) is 12.1 Å². The lowest BCUT2D eigenvalue weighted by molar-refractivity contribution is 0.0930. The first kappa shape index (κ1) is 16.8. The van der Waals surface area contributed by atoms with E-state index in [2.05, 4.69) is 26.9 Å². The zero-order chi connectivity index (χ0) is 15.8. The van der Waals surface area contributed by atoms with Crippen LogP contribution in [0.5, 0.6) is 5.75 Å². The van der Waals surface area contributed by atoms with E-state index in [0.717, 1.165) is 48.4 Å². The molecule has 6 nitrogen and oxygen atoms in total. The molecule has 0 fully saturated rings. The quantitative estimate of drug-likeness (QED) is 0.791. The minimum Gasteiger partial charge on any atom is -0.496 e. The molecule has 1 atom stereocenters. The molecule has 0 saturated carbocycles. The number of hydrogen-bond donors (Lipinski definition) is 3. The maximum atomic E-state index is 12.6. The lowest BCUT2D eigenvalue weighted by Gasteiger charge is -2.16. The normalized spacial score (nSPS) is 18.3. The van der Waals surface area contributed by atoms with E-state index < -0.39 is 0 Å². The first-order valence-corrected chi connectivity index (χ1v) is 8.01. The maximum absolute atomic E-state index is 12.6. The SMILES string of the molecule is COc1cccc2c1CCC2NC(=O)c1n[nH]c2c1CNCC2.Cl. The number of ether oxygens (including phenoxy) is 1. The van der Waals surface area contributed by atoms with Crippen LogP contribution < -0.4 is 15.4 Å². The average molecular weight is 349 g/mol. The lowest BCUT2D eigenvalue weighted by Crippen LogP contribution is -2.30. The second-order valence-corrected chi connectivity index (χ2v) is 6.05. The van der Waals surface area contributed by atoms with E-state index in [0.29, 0.717) is 12.2 Å². The summed E-state index contributed by atoms with van der Waals surface area (Å²) in [5.41, 5.74) is 4.94. The molecule has 1 aliphatic heterocycles. The summed E-state index contributed by atoms with van der Waals surface area (Å²) in [5, 5.41) is 13.7. The van der Waals surface area contributed by atoms with Crippen molar-refractivity contribution >= 4 is 18.3 Å². The molecule has 1 aliphatic carbocycles. The standard InChI is InChI=1S/C17H20N4O2.ClH/c1-23-15-4-2-3-10-11(15)5-6-13(10)19-17(22)16-12-9-18-8-7-14(12)20-21-16;/h2-4,13,18H,5-9H2,1H3,(H,19,22)(H,20,21);1H. The number of methoxy groups -OCH3 is 1. The lowest BCUT2D eigenvalue weighted by atomic mass is 10.1. The Morgan fingerprint density at radius 3 is 3.04 bits per heavy atom. The van der Waals surface area contributed by atoms with Crippen LogP contribution in [-0.2, 0) is 19.4 Å². The highest BCUT2D eigenvalue weighted by Gasteiger charge is 2.29. The van der Waals surface area contributed by atoms with Crippen LogP contribution in [0.15, 0.2) is 18.2 Å². The number of aromatic nitrogens is 2. The summed E-state index contributed by atoms with van der Waals surface area (Å²) in [6, 6.07) is 6.04. The third-order valence-electron chi connectivity index (χ3n) is 4.77. The molecule has 2 heterocycles. The van der Waals surface area contributed by atoms with E-state index >= 15 is 0 Å². The summed E-state index contributed by atoms with van der Waals surface area (Å²) in [6.07, 6.45) is 2.70. The maximum Gasteiger partial charge on any atom is 0.272 e. The number of rotatable bonds is 3. The minimum absolute atomic E-state index is 0. The molecule has 24 heavy (non-hydrogen) atoms. The van der Waals surface area contributed by atoms with Crippen molar-refractivity contribution in [2.75, 3.05) is 13.7 Å². The van der Waals surface area contributed by atoms with Crippen molar-refractivity contribution in [3.05, 3.63) is 46.3 Å². The Kier molecular flexibility index (Phi) is 4.78. The number of nitrogens with zero attached hydrogens (tertiary/aromatic N) is 1. The van der Waals surface area contributed by atoms with Gasteiger partial charge in [-0.15, -0.1) is 12.4 Å². The molecule has 0 bridgehead atoms. The molecule has 1 amide bonds. The van der Waals surface area contributed by atoms with Gasteiger partial charge in [0.1, 0.15) is 5.75 Å². The molecule has 1 aromatic carbocycles. The highest BCUT2D eigenvalue weighted by molar-refractivity contribution is 5.94. The van der Waals surface area contributed by atoms with Crippen molar-refractivity contribution in [3.8, 4) is 5.75 Å². The molecule has 128 valence electrons. The zero-order valence-electron chi connectivity index (χ0n) is 13.5.